The normalized spacial score (nSPS) is 14.4. The van der Waals surface area contributed by atoms with Gasteiger partial charge in [0, 0.05) is 6.04 Å². The number of benzene rings is 1. The molecular weight excluding hydrogens is 225 g/mol. The van der Waals surface area contributed by atoms with Crippen LogP contribution in [0.1, 0.15) is 58.1 Å². The van der Waals surface area contributed by atoms with Crippen LogP contribution in [0, 0.1) is 11.7 Å². The van der Waals surface area contributed by atoms with Gasteiger partial charge in [-0.05, 0) is 43.5 Å². The predicted molar refractivity (Wildman–Crippen MR) is 76.1 cm³/mol. The Labute approximate surface area is 111 Å². The summed E-state index contributed by atoms with van der Waals surface area (Å²) >= 11 is 0. The van der Waals surface area contributed by atoms with E-state index in [1.807, 2.05) is 12.1 Å². The van der Waals surface area contributed by atoms with Gasteiger partial charge < -0.3 is 5.32 Å². The highest BCUT2D eigenvalue weighted by atomic mass is 19.1. The molecule has 1 unspecified atom stereocenters. The largest absolute Gasteiger partial charge is 0.310 e. The maximum absolute atomic E-state index is 12.8. The minimum Gasteiger partial charge on any atom is -0.310 e. The van der Waals surface area contributed by atoms with Crippen molar-refractivity contribution in [3.8, 4) is 0 Å². The van der Waals surface area contributed by atoms with E-state index < -0.39 is 0 Å². The van der Waals surface area contributed by atoms with E-state index in [0.717, 1.165) is 18.0 Å². The first kappa shape index (κ1) is 15.2. The van der Waals surface area contributed by atoms with E-state index in [1.165, 1.54) is 37.8 Å². The van der Waals surface area contributed by atoms with E-state index in [9.17, 15) is 4.39 Å². The third-order valence-corrected chi connectivity index (χ3v) is 3.63. The van der Waals surface area contributed by atoms with E-state index in [1.54, 1.807) is 0 Å². The highest BCUT2D eigenvalue weighted by molar-refractivity contribution is 5.19. The van der Waals surface area contributed by atoms with Crippen molar-refractivity contribution in [1.29, 1.82) is 0 Å². The second-order valence-corrected chi connectivity index (χ2v) is 5.10. The standard InChI is InChI=1S/C16H26FN/c1-4-6-7-14(5-2)12-18-13(3)15-8-10-16(17)11-9-15/h8-11,13-14,18H,4-7,12H2,1-3H3/t13-,14?/m1/s1. The van der Waals surface area contributed by atoms with Gasteiger partial charge in [-0.15, -0.1) is 0 Å². The fraction of sp³-hybridized carbons (Fsp3) is 0.625. The van der Waals surface area contributed by atoms with Crippen molar-refractivity contribution in [3.05, 3.63) is 35.6 Å². The molecule has 0 bridgehead atoms. The summed E-state index contributed by atoms with van der Waals surface area (Å²) in [5.41, 5.74) is 1.15. The van der Waals surface area contributed by atoms with Gasteiger partial charge in [-0.2, -0.15) is 0 Å². The van der Waals surface area contributed by atoms with Gasteiger partial charge in [-0.25, -0.2) is 4.39 Å². The molecule has 1 rings (SSSR count). The number of unbranched alkanes of at least 4 members (excludes halogenated alkanes) is 1. The lowest BCUT2D eigenvalue weighted by Gasteiger charge is -2.20. The van der Waals surface area contributed by atoms with Crippen molar-refractivity contribution in [2.45, 2.75) is 52.5 Å². The highest BCUT2D eigenvalue weighted by Gasteiger charge is 2.09. The van der Waals surface area contributed by atoms with Gasteiger partial charge >= 0.3 is 0 Å². The van der Waals surface area contributed by atoms with Crippen molar-refractivity contribution >= 4 is 0 Å². The zero-order valence-electron chi connectivity index (χ0n) is 11.9. The number of hydrogen-bond acceptors (Lipinski definition) is 1. The van der Waals surface area contributed by atoms with Crippen LogP contribution in [0.5, 0.6) is 0 Å². The molecule has 0 amide bonds. The van der Waals surface area contributed by atoms with Gasteiger partial charge in [0.05, 0.1) is 0 Å². The third-order valence-electron chi connectivity index (χ3n) is 3.63. The van der Waals surface area contributed by atoms with Crippen LogP contribution in [0.25, 0.3) is 0 Å². The summed E-state index contributed by atoms with van der Waals surface area (Å²) in [6.45, 7) is 7.68. The van der Waals surface area contributed by atoms with E-state index in [-0.39, 0.29) is 5.82 Å². The van der Waals surface area contributed by atoms with Crippen molar-refractivity contribution < 1.29 is 4.39 Å². The average Bonchev–Trinajstić information content (AvgIpc) is 2.39. The monoisotopic (exact) mass is 251 g/mol. The van der Waals surface area contributed by atoms with Crippen molar-refractivity contribution in [3.63, 3.8) is 0 Å². The smallest absolute Gasteiger partial charge is 0.123 e. The van der Waals surface area contributed by atoms with E-state index >= 15 is 0 Å². The quantitative estimate of drug-likeness (QED) is 0.706. The van der Waals surface area contributed by atoms with Crippen LogP contribution in [0.3, 0.4) is 0 Å². The SMILES string of the molecule is CCCCC(CC)CN[C@H](C)c1ccc(F)cc1. The third kappa shape index (κ3) is 5.18. The number of rotatable bonds is 8. The lowest BCUT2D eigenvalue weighted by molar-refractivity contribution is 0.398. The van der Waals surface area contributed by atoms with Gasteiger partial charge in [0.15, 0.2) is 0 Å². The zero-order chi connectivity index (χ0) is 13.4. The van der Waals surface area contributed by atoms with Crippen LogP contribution in [0.4, 0.5) is 4.39 Å². The Morgan fingerprint density at radius 2 is 1.83 bits per heavy atom. The van der Waals surface area contributed by atoms with Crippen LogP contribution in [0.2, 0.25) is 0 Å². The molecule has 1 N–H and O–H groups in total. The lowest BCUT2D eigenvalue weighted by Crippen LogP contribution is -2.25. The molecule has 0 aliphatic heterocycles. The summed E-state index contributed by atoms with van der Waals surface area (Å²) in [5, 5.41) is 3.56. The summed E-state index contributed by atoms with van der Waals surface area (Å²) in [6, 6.07) is 7.07. The van der Waals surface area contributed by atoms with Crippen LogP contribution >= 0.6 is 0 Å². The lowest BCUT2D eigenvalue weighted by atomic mass is 9.98. The topological polar surface area (TPSA) is 12.0 Å². The maximum atomic E-state index is 12.8. The van der Waals surface area contributed by atoms with Crippen LogP contribution in [-0.2, 0) is 0 Å². The Hall–Kier alpha value is -0.890. The molecule has 0 fully saturated rings. The second kappa shape index (κ2) is 8.25. The minimum atomic E-state index is -0.166. The molecule has 1 nitrogen and oxygen atoms in total. The summed E-state index contributed by atoms with van der Waals surface area (Å²) in [5.74, 6) is 0.591. The van der Waals surface area contributed by atoms with E-state index in [0.29, 0.717) is 6.04 Å². The summed E-state index contributed by atoms with van der Waals surface area (Å²) in [4.78, 5) is 0. The Bertz CT molecular complexity index is 320. The Balaban J connectivity index is 2.39. The fourth-order valence-electron chi connectivity index (χ4n) is 2.16. The molecule has 102 valence electrons. The summed E-state index contributed by atoms with van der Waals surface area (Å²) in [7, 11) is 0. The summed E-state index contributed by atoms with van der Waals surface area (Å²) < 4.78 is 12.8. The molecule has 0 aromatic heterocycles. The highest BCUT2D eigenvalue weighted by Crippen LogP contribution is 2.16. The molecule has 0 saturated carbocycles. The molecular formula is C16H26FN. The summed E-state index contributed by atoms with van der Waals surface area (Å²) in [6.07, 6.45) is 5.11. The molecule has 0 saturated heterocycles. The van der Waals surface area contributed by atoms with Gasteiger partial charge in [-0.1, -0.05) is 45.2 Å². The zero-order valence-corrected chi connectivity index (χ0v) is 11.9. The molecule has 0 spiro atoms. The minimum absolute atomic E-state index is 0.166. The van der Waals surface area contributed by atoms with Crippen molar-refractivity contribution in [2.24, 2.45) is 5.92 Å². The number of hydrogen-bond donors (Lipinski definition) is 1. The fourth-order valence-corrected chi connectivity index (χ4v) is 2.16. The molecule has 1 aromatic carbocycles. The molecule has 0 heterocycles. The second-order valence-electron chi connectivity index (χ2n) is 5.10. The number of halogens is 1. The van der Waals surface area contributed by atoms with Crippen molar-refractivity contribution in [2.75, 3.05) is 6.54 Å². The van der Waals surface area contributed by atoms with Crippen LogP contribution in [-0.4, -0.2) is 6.54 Å². The maximum Gasteiger partial charge on any atom is 0.123 e. The Kier molecular flexibility index (Phi) is 6.96. The van der Waals surface area contributed by atoms with Gasteiger partial charge in [0.25, 0.3) is 0 Å². The first-order valence-corrected chi connectivity index (χ1v) is 7.16. The molecule has 2 heteroatoms. The Morgan fingerprint density at radius 3 is 2.39 bits per heavy atom. The van der Waals surface area contributed by atoms with E-state index in [4.69, 9.17) is 0 Å². The van der Waals surface area contributed by atoms with Gasteiger partial charge in [-0.3, -0.25) is 0 Å². The first-order valence-electron chi connectivity index (χ1n) is 7.16. The van der Waals surface area contributed by atoms with Crippen LogP contribution < -0.4 is 5.32 Å². The van der Waals surface area contributed by atoms with Gasteiger partial charge in [0.1, 0.15) is 5.82 Å². The predicted octanol–water partition coefficient (Wildman–Crippen LogP) is 4.69. The molecule has 0 aliphatic rings. The average molecular weight is 251 g/mol. The molecule has 1 aromatic rings. The first-order chi connectivity index (χ1) is 8.67. The molecule has 0 aliphatic carbocycles. The van der Waals surface area contributed by atoms with E-state index in [2.05, 4.69) is 26.1 Å². The Morgan fingerprint density at radius 1 is 1.17 bits per heavy atom. The van der Waals surface area contributed by atoms with Crippen LogP contribution in [0.15, 0.2) is 24.3 Å². The van der Waals surface area contributed by atoms with Crippen molar-refractivity contribution in [1.82, 2.24) is 5.32 Å². The molecule has 18 heavy (non-hydrogen) atoms. The molecule has 2 atom stereocenters. The number of nitrogens with one attached hydrogen (secondary N) is 1. The molecule has 0 radical (unpaired) electrons. The van der Waals surface area contributed by atoms with Gasteiger partial charge in [0.2, 0.25) is 0 Å².